The summed E-state index contributed by atoms with van der Waals surface area (Å²) in [6.07, 6.45) is -4.70. The van der Waals surface area contributed by atoms with E-state index in [0.717, 1.165) is 12.1 Å². The lowest BCUT2D eigenvalue weighted by Crippen LogP contribution is -2.29. The number of nitrogens with two attached hydrogens (primary N) is 1. The van der Waals surface area contributed by atoms with E-state index in [-0.39, 0.29) is 0 Å². The third kappa shape index (κ3) is 2.14. The summed E-state index contributed by atoms with van der Waals surface area (Å²) in [5.41, 5.74) is 4.09. The molecule has 6 heteroatoms. The van der Waals surface area contributed by atoms with E-state index < -0.39 is 29.3 Å². The van der Waals surface area contributed by atoms with Gasteiger partial charge in [-0.3, -0.25) is 0 Å². The summed E-state index contributed by atoms with van der Waals surface area (Å²) >= 11 is 0. The zero-order chi connectivity index (χ0) is 10.9. The van der Waals surface area contributed by atoms with E-state index in [2.05, 4.69) is 0 Å². The van der Waals surface area contributed by atoms with E-state index in [1.54, 1.807) is 0 Å². The van der Waals surface area contributed by atoms with Crippen molar-refractivity contribution in [2.75, 3.05) is 0 Å². The third-order valence-corrected chi connectivity index (χ3v) is 1.67. The molecular formula is C8H7F4NO. The average Bonchev–Trinajstić information content (AvgIpc) is 2.01. The number of alkyl halides is 3. The number of aromatic hydroxyl groups is 1. The van der Waals surface area contributed by atoms with E-state index in [1.807, 2.05) is 0 Å². The van der Waals surface area contributed by atoms with Crippen LogP contribution in [-0.4, -0.2) is 11.3 Å². The monoisotopic (exact) mass is 209 g/mol. The molecule has 78 valence electrons. The van der Waals surface area contributed by atoms with E-state index in [0.29, 0.717) is 6.07 Å². The lowest BCUT2D eigenvalue weighted by molar-refractivity contribution is -0.149. The van der Waals surface area contributed by atoms with E-state index >= 15 is 0 Å². The maximum absolute atomic E-state index is 12.9. The minimum absolute atomic E-state index is 0.444. The van der Waals surface area contributed by atoms with Crippen LogP contribution in [0, 0.1) is 5.82 Å². The molecule has 14 heavy (non-hydrogen) atoms. The third-order valence-electron chi connectivity index (χ3n) is 1.67. The zero-order valence-corrected chi connectivity index (χ0v) is 6.85. The Kier molecular flexibility index (Phi) is 2.66. The van der Waals surface area contributed by atoms with Gasteiger partial charge in [-0.25, -0.2) is 4.39 Å². The van der Waals surface area contributed by atoms with Gasteiger partial charge in [0.1, 0.15) is 17.6 Å². The Morgan fingerprint density at radius 2 is 1.86 bits per heavy atom. The van der Waals surface area contributed by atoms with Gasteiger partial charge in [0.15, 0.2) is 0 Å². The van der Waals surface area contributed by atoms with Crippen LogP contribution >= 0.6 is 0 Å². The summed E-state index contributed by atoms with van der Waals surface area (Å²) in [6, 6.07) is -0.0311. The molecule has 0 heterocycles. The van der Waals surface area contributed by atoms with Crippen LogP contribution in [0.15, 0.2) is 18.2 Å². The van der Waals surface area contributed by atoms with Crippen LogP contribution in [-0.2, 0) is 0 Å². The van der Waals surface area contributed by atoms with Crippen molar-refractivity contribution in [3.63, 3.8) is 0 Å². The van der Waals surface area contributed by atoms with Crippen LogP contribution in [0.3, 0.4) is 0 Å². The Balaban J connectivity index is 3.08. The Labute approximate surface area is 77.0 Å². The normalized spacial score (nSPS) is 14.1. The minimum Gasteiger partial charge on any atom is -0.508 e. The number of hydrogen-bond acceptors (Lipinski definition) is 2. The molecule has 0 fully saturated rings. The van der Waals surface area contributed by atoms with Gasteiger partial charge in [0.2, 0.25) is 0 Å². The maximum Gasteiger partial charge on any atom is 0.407 e. The molecule has 0 aliphatic heterocycles. The molecule has 0 saturated heterocycles. The molecule has 1 atom stereocenters. The minimum atomic E-state index is -4.70. The van der Waals surface area contributed by atoms with Gasteiger partial charge in [-0.1, -0.05) is 6.07 Å². The summed E-state index contributed by atoms with van der Waals surface area (Å²) < 4.78 is 49.1. The smallest absolute Gasteiger partial charge is 0.407 e. The molecule has 0 amide bonds. The van der Waals surface area contributed by atoms with Crippen molar-refractivity contribution in [1.82, 2.24) is 0 Å². The molecule has 0 aliphatic carbocycles. The first-order valence-corrected chi connectivity index (χ1v) is 3.63. The number of hydrogen-bond donors (Lipinski definition) is 2. The first kappa shape index (κ1) is 10.8. The van der Waals surface area contributed by atoms with E-state index in [9.17, 15) is 17.6 Å². The molecule has 1 rings (SSSR count). The van der Waals surface area contributed by atoms with E-state index in [4.69, 9.17) is 10.8 Å². The lowest BCUT2D eigenvalue weighted by atomic mass is 10.1. The highest BCUT2D eigenvalue weighted by Gasteiger charge is 2.39. The van der Waals surface area contributed by atoms with Crippen molar-refractivity contribution in [3.8, 4) is 5.75 Å². The van der Waals surface area contributed by atoms with Gasteiger partial charge in [-0.05, 0) is 6.07 Å². The van der Waals surface area contributed by atoms with Crippen LogP contribution in [0.4, 0.5) is 17.6 Å². The molecule has 0 aromatic heterocycles. The van der Waals surface area contributed by atoms with Crippen molar-refractivity contribution in [1.29, 1.82) is 0 Å². The van der Waals surface area contributed by atoms with Crippen LogP contribution in [0.5, 0.6) is 5.75 Å². The second-order valence-corrected chi connectivity index (χ2v) is 2.73. The van der Waals surface area contributed by atoms with Gasteiger partial charge < -0.3 is 10.8 Å². The summed E-state index contributed by atoms with van der Waals surface area (Å²) in [5.74, 6) is -1.62. The standard InChI is InChI=1S/C8H7F4NO/c9-6-3-4(14)1-2-5(6)7(13)8(10,11)12/h1-3,7,14H,13H2/t7-/m0/s1. The number of phenolic OH excluding ortho intramolecular Hbond substituents is 1. The molecule has 1 aromatic carbocycles. The first-order valence-electron chi connectivity index (χ1n) is 3.63. The number of halogens is 4. The van der Waals surface area contributed by atoms with Crippen LogP contribution in [0.25, 0.3) is 0 Å². The summed E-state index contributed by atoms with van der Waals surface area (Å²) in [6.45, 7) is 0. The fourth-order valence-corrected chi connectivity index (χ4v) is 0.945. The average molecular weight is 209 g/mol. The van der Waals surface area contributed by atoms with Gasteiger partial charge >= 0.3 is 6.18 Å². The van der Waals surface area contributed by atoms with Gasteiger partial charge in [-0.15, -0.1) is 0 Å². The van der Waals surface area contributed by atoms with Crippen LogP contribution in [0.1, 0.15) is 11.6 Å². The quantitative estimate of drug-likeness (QED) is 0.695. The fourth-order valence-electron chi connectivity index (χ4n) is 0.945. The molecule has 0 radical (unpaired) electrons. The molecule has 0 bridgehead atoms. The highest BCUT2D eigenvalue weighted by Crippen LogP contribution is 2.32. The molecule has 0 spiro atoms. The Bertz CT molecular complexity index is 337. The van der Waals surface area contributed by atoms with Gasteiger partial charge in [0.05, 0.1) is 0 Å². The summed E-state index contributed by atoms with van der Waals surface area (Å²) in [5, 5.41) is 8.76. The molecule has 2 nitrogen and oxygen atoms in total. The second-order valence-electron chi connectivity index (χ2n) is 2.73. The van der Waals surface area contributed by atoms with Crippen LogP contribution in [0.2, 0.25) is 0 Å². The predicted octanol–water partition coefficient (Wildman–Crippen LogP) is 2.09. The molecular weight excluding hydrogens is 202 g/mol. The van der Waals surface area contributed by atoms with Crippen molar-refractivity contribution in [2.24, 2.45) is 5.73 Å². The van der Waals surface area contributed by atoms with Crippen molar-refractivity contribution in [3.05, 3.63) is 29.6 Å². The Morgan fingerprint density at radius 1 is 1.29 bits per heavy atom. The van der Waals surface area contributed by atoms with Crippen molar-refractivity contribution in [2.45, 2.75) is 12.2 Å². The first-order chi connectivity index (χ1) is 6.32. The molecule has 0 aliphatic rings. The van der Waals surface area contributed by atoms with Crippen molar-refractivity contribution < 1.29 is 22.7 Å². The Morgan fingerprint density at radius 3 is 2.29 bits per heavy atom. The zero-order valence-electron chi connectivity index (χ0n) is 6.85. The number of benzene rings is 1. The van der Waals surface area contributed by atoms with Crippen molar-refractivity contribution >= 4 is 0 Å². The summed E-state index contributed by atoms with van der Waals surface area (Å²) in [7, 11) is 0. The number of rotatable bonds is 1. The molecule has 0 saturated carbocycles. The van der Waals surface area contributed by atoms with E-state index in [1.165, 1.54) is 0 Å². The largest absolute Gasteiger partial charge is 0.508 e. The van der Waals surface area contributed by atoms with Crippen LogP contribution < -0.4 is 5.73 Å². The second kappa shape index (κ2) is 3.45. The Hall–Kier alpha value is -1.30. The van der Waals surface area contributed by atoms with Gasteiger partial charge in [0, 0.05) is 11.6 Å². The molecule has 0 unspecified atom stereocenters. The highest BCUT2D eigenvalue weighted by atomic mass is 19.4. The fraction of sp³-hybridized carbons (Fsp3) is 0.250. The highest BCUT2D eigenvalue weighted by molar-refractivity contribution is 5.30. The SMILES string of the molecule is N[C@@H](c1ccc(O)cc1F)C(F)(F)F. The molecule has 3 N–H and O–H groups in total. The topological polar surface area (TPSA) is 46.2 Å². The van der Waals surface area contributed by atoms with Gasteiger partial charge in [-0.2, -0.15) is 13.2 Å². The van der Waals surface area contributed by atoms with Gasteiger partial charge in [0.25, 0.3) is 0 Å². The maximum atomic E-state index is 12.9. The number of phenols is 1. The summed E-state index contributed by atoms with van der Waals surface area (Å²) in [4.78, 5) is 0. The molecule has 1 aromatic rings. The predicted molar refractivity (Wildman–Crippen MR) is 41.0 cm³/mol. The lowest BCUT2D eigenvalue weighted by Gasteiger charge is -2.16.